The van der Waals surface area contributed by atoms with Crippen LogP contribution >= 0.6 is 27.5 Å². The predicted octanol–water partition coefficient (Wildman–Crippen LogP) is 4.08. The second-order valence-electron chi connectivity index (χ2n) is 3.61. The van der Waals surface area contributed by atoms with Crippen LogP contribution in [0.2, 0.25) is 5.02 Å². The molecular formula is C12H7BrClFN2O2. The van der Waals surface area contributed by atoms with Crippen LogP contribution in [0.1, 0.15) is 10.4 Å². The molecule has 7 heteroatoms. The number of carboxylic acid groups (broad SMARTS) is 1. The SMILES string of the molecule is O=C(O)c1cc(Br)cnc1Nc1ccc(F)c(Cl)c1. The Hall–Kier alpha value is -1.66. The van der Waals surface area contributed by atoms with Crippen LogP contribution in [0.25, 0.3) is 0 Å². The van der Waals surface area contributed by atoms with Crippen molar-refractivity contribution in [2.45, 2.75) is 0 Å². The van der Waals surface area contributed by atoms with Crippen LogP contribution in [0.15, 0.2) is 34.9 Å². The number of anilines is 2. The number of halogens is 3. The summed E-state index contributed by atoms with van der Waals surface area (Å²) in [5.74, 6) is -1.52. The van der Waals surface area contributed by atoms with Gasteiger partial charge >= 0.3 is 5.97 Å². The fraction of sp³-hybridized carbons (Fsp3) is 0. The minimum atomic E-state index is -1.12. The average molecular weight is 346 g/mol. The van der Waals surface area contributed by atoms with Crippen molar-refractivity contribution in [2.24, 2.45) is 0 Å². The first-order valence-corrected chi connectivity index (χ1v) is 6.25. The predicted molar refractivity (Wildman–Crippen MR) is 73.6 cm³/mol. The Labute approximate surface area is 121 Å². The minimum absolute atomic E-state index is 0.00479. The lowest BCUT2D eigenvalue weighted by Gasteiger charge is -2.09. The normalized spacial score (nSPS) is 10.3. The maximum absolute atomic E-state index is 13.0. The maximum Gasteiger partial charge on any atom is 0.339 e. The van der Waals surface area contributed by atoms with Gasteiger partial charge in [-0.2, -0.15) is 0 Å². The van der Waals surface area contributed by atoms with Gasteiger partial charge < -0.3 is 10.4 Å². The second kappa shape index (κ2) is 5.54. The van der Waals surface area contributed by atoms with Gasteiger partial charge in [-0.25, -0.2) is 14.2 Å². The molecule has 0 fully saturated rings. The van der Waals surface area contributed by atoms with Crippen molar-refractivity contribution in [3.05, 3.63) is 51.3 Å². The molecule has 0 aliphatic carbocycles. The summed E-state index contributed by atoms with van der Waals surface area (Å²) in [5, 5.41) is 11.8. The third kappa shape index (κ3) is 3.21. The number of aromatic carboxylic acids is 1. The minimum Gasteiger partial charge on any atom is -0.478 e. The van der Waals surface area contributed by atoms with Crippen molar-refractivity contribution in [1.29, 1.82) is 0 Å². The summed E-state index contributed by atoms with van der Waals surface area (Å²) in [6, 6.07) is 5.40. The van der Waals surface area contributed by atoms with Crippen LogP contribution in [0, 0.1) is 5.82 Å². The van der Waals surface area contributed by atoms with Crippen molar-refractivity contribution < 1.29 is 14.3 Å². The third-order valence-electron chi connectivity index (χ3n) is 2.27. The van der Waals surface area contributed by atoms with Crippen molar-refractivity contribution in [3.8, 4) is 0 Å². The first-order chi connectivity index (χ1) is 8.97. The number of hydrogen-bond acceptors (Lipinski definition) is 3. The molecule has 98 valence electrons. The molecular weight excluding hydrogens is 338 g/mol. The summed E-state index contributed by atoms with van der Waals surface area (Å²) in [7, 11) is 0. The quantitative estimate of drug-likeness (QED) is 0.880. The van der Waals surface area contributed by atoms with Gasteiger partial charge in [0.2, 0.25) is 0 Å². The van der Waals surface area contributed by atoms with Gasteiger partial charge in [-0.15, -0.1) is 0 Å². The van der Waals surface area contributed by atoms with E-state index in [1.807, 2.05) is 0 Å². The van der Waals surface area contributed by atoms with Gasteiger partial charge in [0.15, 0.2) is 0 Å². The van der Waals surface area contributed by atoms with E-state index >= 15 is 0 Å². The number of hydrogen-bond donors (Lipinski definition) is 2. The molecule has 4 nitrogen and oxygen atoms in total. The zero-order chi connectivity index (χ0) is 14.0. The van der Waals surface area contributed by atoms with Crippen LogP contribution in [0.3, 0.4) is 0 Å². The van der Waals surface area contributed by atoms with Crippen molar-refractivity contribution >= 4 is 45.0 Å². The van der Waals surface area contributed by atoms with E-state index in [4.69, 9.17) is 16.7 Å². The molecule has 0 bridgehead atoms. The number of carboxylic acids is 1. The number of nitrogens with one attached hydrogen (secondary N) is 1. The van der Waals surface area contributed by atoms with Gasteiger partial charge in [-0.05, 0) is 40.2 Å². The number of aromatic nitrogens is 1. The standard InChI is InChI=1S/C12H7BrClFN2O2/c13-6-3-8(12(18)19)11(16-5-6)17-7-1-2-10(15)9(14)4-7/h1-5H,(H,16,17)(H,18,19). The molecule has 0 unspecified atom stereocenters. The van der Waals surface area contributed by atoms with Gasteiger partial charge in [-0.3, -0.25) is 0 Å². The highest BCUT2D eigenvalue weighted by Crippen LogP contribution is 2.25. The summed E-state index contributed by atoms with van der Waals surface area (Å²) in [5.41, 5.74) is 0.443. The lowest BCUT2D eigenvalue weighted by molar-refractivity contribution is 0.0697. The second-order valence-corrected chi connectivity index (χ2v) is 4.93. The molecule has 0 amide bonds. The fourth-order valence-corrected chi connectivity index (χ4v) is 1.92. The average Bonchev–Trinajstić information content (AvgIpc) is 2.36. The zero-order valence-corrected chi connectivity index (χ0v) is 11.7. The van der Waals surface area contributed by atoms with Gasteiger partial charge in [0.1, 0.15) is 17.2 Å². The first-order valence-electron chi connectivity index (χ1n) is 5.08. The van der Waals surface area contributed by atoms with Crippen molar-refractivity contribution in [2.75, 3.05) is 5.32 Å². The van der Waals surface area contributed by atoms with Gasteiger partial charge in [0, 0.05) is 16.4 Å². The summed E-state index contributed by atoms with van der Waals surface area (Å²) in [4.78, 5) is 15.1. The molecule has 0 saturated carbocycles. The molecule has 0 aliphatic heterocycles. The Kier molecular flexibility index (Phi) is 4.01. The van der Waals surface area contributed by atoms with E-state index in [0.717, 1.165) is 0 Å². The molecule has 0 radical (unpaired) electrons. The molecule has 0 aliphatic rings. The monoisotopic (exact) mass is 344 g/mol. The van der Waals surface area contributed by atoms with E-state index in [1.165, 1.54) is 30.5 Å². The van der Waals surface area contributed by atoms with E-state index in [9.17, 15) is 9.18 Å². The Morgan fingerprint density at radius 3 is 2.79 bits per heavy atom. The number of benzene rings is 1. The Morgan fingerprint density at radius 1 is 1.42 bits per heavy atom. The molecule has 2 aromatic rings. The molecule has 2 rings (SSSR count). The molecule has 1 aromatic carbocycles. The smallest absolute Gasteiger partial charge is 0.339 e. The van der Waals surface area contributed by atoms with Gasteiger partial charge in [-0.1, -0.05) is 11.6 Å². The molecule has 1 aromatic heterocycles. The summed E-state index contributed by atoms with van der Waals surface area (Å²) < 4.78 is 13.6. The van der Waals surface area contributed by atoms with Crippen LogP contribution in [-0.4, -0.2) is 16.1 Å². The van der Waals surface area contributed by atoms with E-state index in [0.29, 0.717) is 10.2 Å². The lowest BCUT2D eigenvalue weighted by Crippen LogP contribution is -2.05. The molecule has 0 spiro atoms. The lowest BCUT2D eigenvalue weighted by atomic mass is 10.2. The Balaban J connectivity index is 2.37. The topological polar surface area (TPSA) is 62.2 Å². The highest BCUT2D eigenvalue weighted by Gasteiger charge is 2.13. The molecule has 0 atom stereocenters. The Bertz CT molecular complexity index is 652. The molecule has 0 saturated heterocycles. The summed E-state index contributed by atoms with van der Waals surface area (Å²) in [6.45, 7) is 0. The molecule has 19 heavy (non-hydrogen) atoms. The number of rotatable bonds is 3. The van der Waals surface area contributed by atoms with Crippen LogP contribution in [0.4, 0.5) is 15.9 Å². The van der Waals surface area contributed by atoms with Crippen molar-refractivity contribution in [1.82, 2.24) is 4.98 Å². The fourth-order valence-electron chi connectivity index (χ4n) is 1.41. The third-order valence-corrected chi connectivity index (χ3v) is 2.99. The summed E-state index contributed by atoms with van der Waals surface area (Å²) >= 11 is 8.80. The van der Waals surface area contributed by atoms with Crippen molar-refractivity contribution in [3.63, 3.8) is 0 Å². The van der Waals surface area contributed by atoms with Crippen LogP contribution in [0.5, 0.6) is 0 Å². The number of nitrogens with zero attached hydrogens (tertiary/aromatic N) is 1. The largest absolute Gasteiger partial charge is 0.478 e. The molecule has 1 heterocycles. The number of carbonyl (C=O) groups is 1. The van der Waals surface area contributed by atoms with E-state index in [1.54, 1.807) is 0 Å². The van der Waals surface area contributed by atoms with Gasteiger partial charge in [0.25, 0.3) is 0 Å². The van der Waals surface area contributed by atoms with Crippen LogP contribution in [-0.2, 0) is 0 Å². The summed E-state index contributed by atoms with van der Waals surface area (Å²) in [6.07, 6.45) is 1.46. The van der Waals surface area contributed by atoms with E-state index in [-0.39, 0.29) is 16.4 Å². The van der Waals surface area contributed by atoms with E-state index in [2.05, 4.69) is 26.2 Å². The highest BCUT2D eigenvalue weighted by atomic mass is 79.9. The number of pyridine rings is 1. The highest BCUT2D eigenvalue weighted by molar-refractivity contribution is 9.10. The van der Waals surface area contributed by atoms with E-state index < -0.39 is 11.8 Å². The first kappa shape index (κ1) is 13.8. The maximum atomic E-state index is 13.0. The zero-order valence-electron chi connectivity index (χ0n) is 9.32. The van der Waals surface area contributed by atoms with Gasteiger partial charge in [0.05, 0.1) is 5.02 Å². The molecule has 2 N–H and O–H groups in total. The van der Waals surface area contributed by atoms with Crippen LogP contribution < -0.4 is 5.32 Å². The Morgan fingerprint density at radius 2 is 2.16 bits per heavy atom.